The van der Waals surface area contributed by atoms with Crippen LogP contribution >= 0.6 is 0 Å². The molecule has 2 unspecified atom stereocenters. The lowest BCUT2D eigenvalue weighted by Gasteiger charge is -2.28. The number of hydrogen-bond donors (Lipinski definition) is 2. The highest BCUT2D eigenvalue weighted by Gasteiger charge is 2.17. The van der Waals surface area contributed by atoms with Crippen molar-refractivity contribution in [3.05, 3.63) is 0 Å². The van der Waals surface area contributed by atoms with Gasteiger partial charge in [-0.3, -0.25) is 0 Å². The van der Waals surface area contributed by atoms with Crippen molar-refractivity contribution in [2.75, 3.05) is 19.8 Å². The second kappa shape index (κ2) is 5.51. The first-order valence-electron chi connectivity index (χ1n) is 4.77. The first-order valence-corrected chi connectivity index (χ1v) is 4.77. The highest BCUT2D eigenvalue weighted by molar-refractivity contribution is 4.77. The molecular formula is C9H19NO2. The lowest BCUT2D eigenvalue weighted by atomic mass is 10.0. The van der Waals surface area contributed by atoms with Crippen LogP contribution in [-0.4, -0.2) is 37.0 Å². The minimum absolute atomic E-state index is 0.127. The van der Waals surface area contributed by atoms with Crippen LogP contribution in [0.4, 0.5) is 0 Å². The molecule has 1 rings (SSSR count). The molecule has 1 aliphatic rings. The molecule has 0 aromatic carbocycles. The zero-order valence-electron chi connectivity index (χ0n) is 7.75. The number of nitrogens with one attached hydrogen (secondary N) is 1. The van der Waals surface area contributed by atoms with Crippen LogP contribution in [0.15, 0.2) is 0 Å². The Balaban J connectivity index is 2.06. The van der Waals surface area contributed by atoms with Crippen molar-refractivity contribution in [1.82, 2.24) is 5.32 Å². The fourth-order valence-electron chi connectivity index (χ4n) is 1.66. The molecule has 0 aromatic heterocycles. The maximum absolute atomic E-state index is 8.50. The summed E-state index contributed by atoms with van der Waals surface area (Å²) in [6.07, 6.45) is 3.77. The maximum Gasteiger partial charge on any atom is 0.0698 e. The van der Waals surface area contributed by atoms with Crippen molar-refractivity contribution in [1.29, 1.82) is 0 Å². The normalized spacial score (nSPS) is 30.5. The average molecular weight is 173 g/mol. The fourth-order valence-corrected chi connectivity index (χ4v) is 1.66. The van der Waals surface area contributed by atoms with Crippen molar-refractivity contribution in [2.24, 2.45) is 0 Å². The van der Waals surface area contributed by atoms with Gasteiger partial charge >= 0.3 is 0 Å². The smallest absolute Gasteiger partial charge is 0.0698 e. The van der Waals surface area contributed by atoms with E-state index in [0.717, 1.165) is 6.61 Å². The molecule has 1 saturated heterocycles. The van der Waals surface area contributed by atoms with Crippen molar-refractivity contribution in [2.45, 2.75) is 38.3 Å². The van der Waals surface area contributed by atoms with Crippen molar-refractivity contribution in [3.63, 3.8) is 0 Å². The molecule has 1 fully saturated rings. The highest BCUT2D eigenvalue weighted by atomic mass is 16.5. The number of rotatable bonds is 4. The first kappa shape index (κ1) is 9.96. The van der Waals surface area contributed by atoms with Gasteiger partial charge in [-0.2, -0.15) is 0 Å². The number of hydrogen-bond acceptors (Lipinski definition) is 3. The summed E-state index contributed by atoms with van der Waals surface area (Å²) in [4.78, 5) is 0. The number of aliphatic hydroxyl groups is 1. The van der Waals surface area contributed by atoms with E-state index in [9.17, 15) is 0 Å². The third kappa shape index (κ3) is 3.52. The predicted octanol–water partition coefficient (Wildman–Crippen LogP) is 0.526. The Hall–Kier alpha value is -0.120. The molecule has 0 amide bonds. The van der Waals surface area contributed by atoms with Gasteiger partial charge in [0.1, 0.15) is 0 Å². The zero-order valence-corrected chi connectivity index (χ0v) is 7.75. The van der Waals surface area contributed by atoms with Crippen molar-refractivity contribution in [3.8, 4) is 0 Å². The van der Waals surface area contributed by atoms with Gasteiger partial charge in [0.2, 0.25) is 0 Å². The molecule has 1 aliphatic heterocycles. The van der Waals surface area contributed by atoms with Gasteiger partial charge in [0.15, 0.2) is 0 Å². The third-order valence-corrected chi connectivity index (χ3v) is 2.26. The van der Waals surface area contributed by atoms with Crippen molar-refractivity contribution >= 4 is 0 Å². The largest absolute Gasteiger partial charge is 0.394 e. The van der Waals surface area contributed by atoms with Gasteiger partial charge in [-0.25, -0.2) is 0 Å². The number of ether oxygens (including phenoxy) is 1. The van der Waals surface area contributed by atoms with E-state index in [4.69, 9.17) is 9.84 Å². The van der Waals surface area contributed by atoms with E-state index < -0.39 is 0 Å². The zero-order chi connectivity index (χ0) is 8.81. The van der Waals surface area contributed by atoms with Crippen LogP contribution in [0.2, 0.25) is 0 Å². The molecule has 0 radical (unpaired) electrons. The second-order valence-electron chi connectivity index (χ2n) is 3.49. The summed E-state index contributed by atoms with van der Waals surface area (Å²) in [7, 11) is 0. The fraction of sp³-hybridized carbons (Fsp3) is 1.00. The Kier molecular flexibility index (Phi) is 4.58. The summed E-state index contributed by atoms with van der Waals surface area (Å²) in [5.74, 6) is 0. The van der Waals surface area contributed by atoms with Gasteiger partial charge in [-0.15, -0.1) is 0 Å². The predicted molar refractivity (Wildman–Crippen MR) is 48.1 cm³/mol. The molecule has 2 atom stereocenters. The standard InChI is InChI=1S/C9H19NO2/c1-8-3-2-4-9(10-8)7-12-6-5-11/h8-11H,2-7H2,1H3. The SMILES string of the molecule is CC1CCCC(COCCO)N1. The summed E-state index contributed by atoms with van der Waals surface area (Å²) in [6, 6.07) is 1.13. The summed E-state index contributed by atoms with van der Waals surface area (Å²) >= 11 is 0. The van der Waals surface area contributed by atoms with E-state index in [-0.39, 0.29) is 6.61 Å². The molecule has 3 heteroatoms. The first-order chi connectivity index (χ1) is 5.83. The molecule has 0 aliphatic carbocycles. The van der Waals surface area contributed by atoms with Crippen LogP contribution in [0.3, 0.4) is 0 Å². The van der Waals surface area contributed by atoms with Crippen LogP contribution in [-0.2, 0) is 4.74 Å². The van der Waals surface area contributed by atoms with Gasteiger partial charge in [0, 0.05) is 12.1 Å². The summed E-state index contributed by atoms with van der Waals surface area (Å²) in [5, 5.41) is 12.0. The number of piperidine rings is 1. The summed E-state index contributed by atoms with van der Waals surface area (Å²) in [5.41, 5.74) is 0. The quantitative estimate of drug-likeness (QED) is 0.609. The lowest BCUT2D eigenvalue weighted by molar-refractivity contribution is 0.0677. The van der Waals surface area contributed by atoms with E-state index in [1.807, 2.05) is 0 Å². The highest BCUT2D eigenvalue weighted by Crippen LogP contribution is 2.12. The summed E-state index contributed by atoms with van der Waals surface area (Å²) < 4.78 is 5.26. The van der Waals surface area contributed by atoms with Crippen molar-refractivity contribution < 1.29 is 9.84 Å². The number of aliphatic hydroxyl groups excluding tert-OH is 1. The van der Waals surface area contributed by atoms with E-state index >= 15 is 0 Å². The Bertz CT molecular complexity index is 119. The van der Waals surface area contributed by atoms with Gasteiger partial charge in [-0.1, -0.05) is 6.42 Å². The molecule has 0 bridgehead atoms. The second-order valence-corrected chi connectivity index (χ2v) is 3.49. The third-order valence-electron chi connectivity index (χ3n) is 2.26. The molecule has 0 spiro atoms. The topological polar surface area (TPSA) is 41.5 Å². The average Bonchev–Trinajstić information content (AvgIpc) is 2.05. The molecule has 72 valence electrons. The Morgan fingerprint density at radius 1 is 1.50 bits per heavy atom. The van der Waals surface area contributed by atoms with Crippen LogP contribution in [0.5, 0.6) is 0 Å². The Morgan fingerprint density at radius 2 is 2.33 bits per heavy atom. The van der Waals surface area contributed by atoms with E-state index in [0.29, 0.717) is 18.7 Å². The van der Waals surface area contributed by atoms with Crippen LogP contribution < -0.4 is 5.32 Å². The molecule has 2 N–H and O–H groups in total. The minimum atomic E-state index is 0.127. The van der Waals surface area contributed by atoms with Gasteiger partial charge < -0.3 is 15.2 Å². The van der Waals surface area contributed by atoms with Gasteiger partial charge in [0.05, 0.1) is 19.8 Å². The molecule has 12 heavy (non-hydrogen) atoms. The molecular weight excluding hydrogens is 154 g/mol. The van der Waals surface area contributed by atoms with E-state index in [1.165, 1.54) is 19.3 Å². The van der Waals surface area contributed by atoms with Crippen LogP contribution in [0.25, 0.3) is 0 Å². The van der Waals surface area contributed by atoms with Gasteiger partial charge in [0.25, 0.3) is 0 Å². The van der Waals surface area contributed by atoms with Crippen LogP contribution in [0.1, 0.15) is 26.2 Å². The summed E-state index contributed by atoms with van der Waals surface area (Å²) in [6.45, 7) is 3.54. The molecule has 0 aromatic rings. The van der Waals surface area contributed by atoms with Gasteiger partial charge in [-0.05, 0) is 19.8 Å². The molecule has 0 saturated carbocycles. The van der Waals surface area contributed by atoms with E-state index in [2.05, 4.69) is 12.2 Å². The van der Waals surface area contributed by atoms with Crippen LogP contribution in [0, 0.1) is 0 Å². The molecule has 3 nitrogen and oxygen atoms in total. The lowest BCUT2D eigenvalue weighted by Crippen LogP contribution is -2.43. The Morgan fingerprint density at radius 3 is 3.00 bits per heavy atom. The van der Waals surface area contributed by atoms with E-state index in [1.54, 1.807) is 0 Å². The Labute approximate surface area is 74.1 Å². The minimum Gasteiger partial charge on any atom is -0.394 e. The monoisotopic (exact) mass is 173 g/mol. The molecule has 1 heterocycles. The maximum atomic E-state index is 8.50.